The van der Waals surface area contributed by atoms with Crippen molar-refractivity contribution in [1.82, 2.24) is 14.6 Å². The standard InChI is InChI=1S/C18H23N3O6S2/c1-25-11-12-27-18-15(3-2-6-19-18)17(22)20-13-14-4-5-16(28-14)29(23,24)21-7-9-26-10-8-21/h2-6H,7-13H2,1H3,(H,20,22). The Morgan fingerprint density at radius 1 is 1.28 bits per heavy atom. The Hall–Kier alpha value is -2.05. The fraction of sp³-hybridized carbons (Fsp3) is 0.444. The highest BCUT2D eigenvalue weighted by molar-refractivity contribution is 7.91. The van der Waals surface area contributed by atoms with Crippen molar-refractivity contribution in [2.24, 2.45) is 0 Å². The van der Waals surface area contributed by atoms with Crippen molar-refractivity contribution in [3.05, 3.63) is 40.9 Å². The number of nitrogens with zero attached hydrogens (tertiary/aromatic N) is 2. The highest BCUT2D eigenvalue weighted by atomic mass is 32.2. The normalized spacial score (nSPS) is 15.2. The quantitative estimate of drug-likeness (QED) is 0.581. The van der Waals surface area contributed by atoms with E-state index >= 15 is 0 Å². The van der Waals surface area contributed by atoms with Gasteiger partial charge in [-0.05, 0) is 24.3 Å². The van der Waals surface area contributed by atoms with Crippen molar-refractivity contribution in [3.63, 3.8) is 0 Å². The smallest absolute Gasteiger partial charge is 0.257 e. The first-order valence-corrected chi connectivity index (χ1v) is 11.3. The molecule has 1 amide bonds. The first-order valence-electron chi connectivity index (χ1n) is 9.04. The second kappa shape index (κ2) is 10.1. The molecule has 3 heterocycles. The first kappa shape index (κ1) is 21.7. The van der Waals surface area contributed by atoms with Crippen LogP contribution in [0.4, 0.5) is 0 Å². The SMILES string of the molecule is COCCOc1ncccc1C(=O)NCc1ccc(S(=O)(=O)N2CCOCC2)s1. The summed E-state index contributed by atoms with van der Waals surface area (Å²) in [4.78, 5) is 17.3. The van der Waals surface area contributed by atoms with E-state index in [2.05, 4.69) is 10.3 Å². The molecule has 0 atom stereocenters. The van der Waals surface area contributed by atoms with Crippen LogP contribution < -0.4 is 10.1 Å². The van der Waals surface area contributed by atoms with Crippen LogP contribution in [0.25, 0.3) is 0 Å². The summed E-state index contributed by atoms with van der Waals surface area (Å²) in [5, 5.41) is 2.78. The first-order chi connectivity index (χ1) is 14.0. The number of carbonyl (C=O) groups is 1. The van der Waals surface area contributed by atoms with Gasteiger partial charge in [0.05, 0.1) is 26.4 Å². The predicted molar refractivity (Wildman–Crippen MR) is 107 cm³/mol. The van der Waals surface area contributed by atoms with Gasteiger partial charge in [0.25, 0.3) is 15.9 Å². The van der Waals surface area contributed by atoms with Crippen LogP contribution in [0.3, 0.4) is 0 Å². The van der Waals surface area contributed by atoms with E-state index in [1.54, 1.807) is 37.6 Å². The van der Waals surface area contributed by atoms with E-state index in [9.17, 15) is 13.2 Å². The zero-order valence-electron chi connectivity index (χ0n) is 16.0. The molecule has 0 unspecified atom stereocenters. The van der Waals surface area contributed by atoms with Gasteiger partial charge in [-0.1, -0.05) is 0 Å². The number of hydrogen-bond acceptors (Lipinski definition) is 8. The van der Waals surface area contributed by atoms with E-state index in [4.69, 9.17) is 14.2 Å². The van der Waals surface area contributed by atoms with E-state index in [-0.39, 0.29) is 29.1 Å². The Kier molecular flexibility index (Phi) is 7.56. The molecule has 9 nitrogen and oxygen atoms in total. The maximum atomic E-state index is 12.7. The van der Waals surface area contributed by atoms with E-state index in [0.717, 1.165) is 16.2 Å². The molecule has 0 aliphatic carbocycles. The monoisotopic (exact) mass is 441 g/mol. The highest BCUT2D eigenvalue weighted by Crippen LogP contribution is 2.25. The van der Waals surface area contributed by atoms with Crippen LogP contribution in [0.15, 0.2) is 34.7 Å². The molecule has 3 rings (SSSR count). The fourth-order valence-corrected chi connectivity index (χ4v) is 5.53. The number of amides is 1. The summed E-state index contributed by atoms with van der Waals surface area (Å²) in [5.41, 5.74) is 0.307. The van der Waals surface area contributed by atoms with Gasteiger partial charge in [-0.2, -0.15) is 4.31 Å². The molecule has 2 aromatic rings. The maximum Gasteiger partial charge on any atom is 0.257 e. The summed E-state index contributed by atoms with van der Waals surface area (Å²) in [6.07, 6.45) is 1.54. The summed E-state index contributed by atoms with van der Waals surface area (Å²) in [5.74, 6) is -0.125. The molecular weight excluding hydrogens is 418 g/mol. The van der Waals surface area contributed by atoms with Crippen LogP contribution in [0.5, 0.6) is 5.88 Å². The second-order valence-electron chi connectivity index (χ2n) is 6.12. The number of morpholine rings is 1. The fourth-order valence-electron chi connectivity index (χ4n) is 2.67. The molecule has 1 aliphatic rings. The molecule has 0 aromatic carbocycles. The van der Waals surface area contributed by atoms with Crippen molar-refractivity contribution in [2.75, 3.05) is 46.6 Å². The number of ether oxygens (including phenoxy) is 3. The van der Waals surface area contributed by atoms with Crippen molar-refractivity contribution in [3.8, 4) is 5.88 Å². The molecule has 158 valence electrons. The Balaban J connectivity index is 1.62. The van der Waals surface area contributed by atoms with Gasteiger partial charge in [-0.25, -0.2) is 13.4 Å². The van der Waals surface area contributed by atoms with Crippen LogP contribution in [-0.4, -0.2) is 70.2 Å². The van der Waals surface area contributed by atoms with Crippen LogP contribution in [0.2, 0.25) is 0 Å². The third kappa shape index (κ3) is 5.52. The molecule has 1 saturated heterocycles. The molecule has 1 fully saturated rings. The number of sulfonamides is 1. The number of hydrogen-bond donors (Lipinski definition) is 1. The number of nitrogens with one attached hydrogen (secondary N) is 1. The maximum absolute atomic E-state index is 12.7. The van der Waals surface area contributed by atoms with Crippen molar-refractivity contribution in [2.45, 2.75) is 10.8 Å². The Bertz CT molecular complexity index is 925. The zero-order chi connectivity index (χ0) is 20.7. The molecule has 0 spiro atoms. The van der Waals surface area contributed by atoms with Crippen LogP contribution in [0, 0.1) is 0 Å². The number of pyridine rings is 1. The number of thiophene rings is 1. The predicted octanol–water partition coefficient (Wildman–Crippen LogP) is 1.12. The number of rotatable bonds is 9. The summed E-state index contributed by atoms with van der Waals surface area (Å²) in [7, 11) is -1.97. The minimum atomic E-state index is -3.53. The Labute approximate surface area is 173 Å². The minimum Gasteiger partial charge on any atom is -0.475 e. The van der Waals surface area contributed by atoms with Gasteiger partial charge in [0.1, 0.15) is 16.4 Å². The van der Waals surface area contributed by atoms with Crippen LogP contribution in [-0.2, 0) is 26.0 Å². The van der Waals surface area contributed by atoms with Gasteiger partial charge in [-0.3, -0.25) is 4.79 Å². The minimum absolute atomic E-state index is 0.203. The number of methoxy groups -OCH3 is 1. The van der Waals surface area contributed by atoms with Crippen molar-refractivity contribution in [1.29, 1.82) is 0 Å². The Morgan fingerprint density at radius 3 is 2.83 bits per heavy atom. The lowest BCUT2D eigenvalue weighted by molar-refractivity contribution is 0.0731. The molecule has 1 aliphatic heterocycles. The summed E-state index contributed by atoms with van der Waals surface area (Å²) >= 11 is 1.14. The molecule has 11 heteroatoms. The van der Waals surface area contributed by atoms with E-state index in [1.165, 1.54) is 4.31 Å². The molecule has 0 saturated carbocycles. The van der Waals surface area contributed by atoms with Crippen molar-refractivity contribution >= 4 is 27.3 Å². The average Bonchev–Trinajstić information content (AvgIpc) is 3.23. The van der Waals surface area contributed by atoms with Gasteiger partial charge < -0.3 is 19.5 Å². The Morgan fingerprint density at radius 2 is 2.07 bits per heavy atom. The third-order valence-corrected chi connectivity index (χ3v) is 7.62. The van der Waals surface area contributed by atoms with E-state index in [1.807, 2.05) is 0 Å². The van der Waals surface area contributed by atoms with Crippen molar-refractivity contribution < 1.29 is 27.4 Å². The van der Waals surface area contributed by atoms with E-state index < -0.39 is 10.0 Å². The number of aromatic nitrogens is 1. The lowest BCUT2D eigenvalue weighted by atomic mass is 10.2. The van der Waals surface area contributed by atoms with Gasteiger partial charge >= 0.3 is 0 Å². The highest BCUT2D eigenvalue weighted by Gasteiger charge is 2.27. The van der Waals surface area contributed by atoms with Gasteiger partial charge in [-0.15, -0.1) is 11.3 Å². The molecule has 0 bridgehead atoms. The molecular formula is C18H23N3O6S2. The number of carbonyl (C=O) groups excluding carboxylic acids is 1. The molecule has 2 aromatic heterocycles. The lowest BCUT2D eigenvalue weighted by Crippen LogP contribution is -2.40. The topological polar surface area (TPSA) is 107 Å². The summed E-state index contributed by atoms with van der Waals surface area (Å²) in [6, 6.07) is 6.54. The lowest BCUT2D eigenvalue weighted by Gasteiger charge is -2.25. The van der Waals surface area contributed by atoms with Gasteiger partial charge in [0.15, 0.2) is 0 Å². The van der Waals surface area contributed by atoms with Crippen LogP contribution in [0.1, 0.15) is 15.2 Å². The van der Waals surface area contributed by atoms with E-state index in [0.29, 0.717) is 38.5 Å². The average molecular weight is 442 g/mol. The second-order valence-corrected chi connectivity index (χ2v) is 9.45. The van der Waals surface area contributed by atoms with Crippen LogP contribution >= 0.6 is 11.3 Å². The van der Waals surface area contributed by atoms with Gasteiger partial charge in [0.2, 0.25) is 5.88 Å². The molecule has 0 radical (unpaired) electrons. The third-order valence-electron chi connectivity index (χ3n) is 4.17. The summed E-state index contributed by atoms with van der Waals surface area (Å²) < 4.78 is 42.7. The largest absolute Gasteiger partial charge is 0.475 e. The zero-order valence-corrected chi connectivity index (χ0v) is 17.6. The summed E-state index contributed by atoms with van der Waals surface area (Å²) in [6.45, 7) is 2.35. The van der Waals surface area contributed by atoms with Gasteiger partial charge in [0, 0.05) is 31.3 Å². The molecule has 1 N–H and O–H groups in total. The molecule has 29 heavy (non-hydrogen) atoms.